The number of anilines is 1. The van der Waals surface area contributed by atoms with Crippen molar-refractivity contribution in [3.63, 3.8) is 0 Å². The van der Waals surface area contributed by atoms with Gasteiger partial charge in [-0.15, -0.1) is 11.3 Å². The molecule has 1 aliphatic rings. The predicted molar refractivity (Wildman–Crippen MR) is 64.0 cm³/mol. The molecule has 0 spiro atoms. The van der Waals surface area contributed by atoms with Crippen LogP contribution >= 0.6 is 11.3 Å². The van der Waals surface area contributed by atoms with Gasteiger partial charge in [0.1, 0.15) is 12.3 Å². The van der Waals surface area contributed by atoms with Crippen LogP contribution in [0.15, 0.2) is 12.3 Å². The van der Waals surface area contributed by atoms with E-state index in [9.17, 15) is 0 Å². The zero-order valence-corrected chi connectivity index (χ0v) is 9.89. The van der Waals surface area contributed by atoms with Crippen molar-refractivity contribution in [3.8, 4) is 17.0 Å². The molecule has 0 radical (unpaired) electrons. The van der Waals surface area contributed by atoms with E-state index in [0.717, 1.165) is 11.4 Å². The number of hydrogen-bond donors (Lipinski definition) is 1. The van der Waals surface area contributed by atoms with Crippen molar-refractivity contribution in [1.82, 2.24) is 9.97 Å². The third-order valence-corrected chi connectivity index (χ3v) is 3.55. The van der Waals surface area contributed by atoms with Gasteiger partial charge in [0.15, 0.2) is 5.75 Å². The second kappa shape index (κ2) is 3.45. The Hall–Kier alpha value is -1.62. The van der Waals surface area contributed by atoms with E-state index < -0.39 is 0 Å². The van der Waals surface area contributed by atoms with Gasteiger partial charge < -0.3 is 10.1 Å². The first-order chi connectivity index (χ1) is 7.78. The first-order valence-electron chi connectivity index (χ1n) is 5.05. The molecule has 16 heavy (non-hydrogen) atoms. The first kappa shape index (κ1) is 9.59. The van der Waals surface area contributed by atoms with Crippen LogP contribution in [0.1, 0.15) is 9.75 Å². The van der Waals surface area contributed by atoms with Gasteiger partial charge >= 0.3 is 0 Å². The third kappa shape index (κ3) is 1.36. The zero-order valence-electron chi connectivity index (χ0n) is 9.07. The molecule has 5 heteroatoms. The van der Waals surface area contributed by atoms with Gasteiger partial charge in [0.05, 0.1) is 11.1 Å². The van der Waals surface area contributed by atoms with Gasteiger partial charge in [-0.1, -0.05) is 0 Å². The van der Waals surface area contributed by atoms with E-state index in [2.05, 4.69) is 28.3 Å². The number of thiophene rings is 1. The Bertz CT molecular complexity index is 550. The molecule has 82 valence electrons. The van der Waals surface area contributed by atoms with Crippen LogP contribution in [-0.4, -0.2) is 17.0 Å². The summed E-state index contributed by atoms with van der Waals surface area (Å²) in [5.74, 6) is 1.39. The molecule has 0 fully saturated rings. The average molecular weight is 233 g/mol. The van der Waals surface area contributed by atoms with Gasteiger partial charge in [0.2, 0.25) is 5.95 Å². The molecule has 1 N–H and O–H groups in total. The van der Waals surface area contributed by atoms with Crippen LogP contribution in [0.3, 0.4) is 0 Å². The van der Waals surface area contributed by atoms with E-state index in [-0.39, 0.29) is 0 Å². The van der Waals surface area contributed by atoms with Crippen molar-refractivity contribution >= 4 is 17.3 Å². The number of nitrogens with one attached hydrogen (secondary N) is 1. The zero-order chi connectivity index (χ0) is 11.1. The van der Waals surface area contributed by atoms with Crippen LogP contribution in [0.25, 0.3) is 11.3 Å². The maximum Gasteiger partial charge on any atom is 0.223 e. The summed E-state index contributed by atoms with van der Waals surface area (Å²) in [5.41, 5.74) is 2.08. The van der Waals surface area contributed by atoms with Gasteiger partial charge in [-0.2, -0.15) is 0 Å². The largest absolute Gasteiger partial charge is 0.484 e. The van der Waals surface area contributed by atoms with Crippen LogP contribution in [0, 0.1) is 6.92 Å². The molecule has 2 aromatic rings. The Morgan fingerprint density at radius 2 is 2.38 bits per heavy atom. The second-order valence-corrected chi connectivity index (χ2v) is 4.98. The lowest BCUT2D eigenvalue weighted by Gasteiger charge is -2.16. The van der Waals surface area contributed by atoms with Gasteiger partial charge in [-0.25, -0.2) is 9.97 Å². The minimum atomic E-state index is 0.624. The van der Waals surface area contributed by atoms with Crippen molar-refractivity contribution in [3.05, 3.63) is 22.0 Å². The smallest absolute Gasteiger partial charge is 0.223 e. The molecule has 4 nitrogen and oxygen atoms in total. The number of nitrogens with zero attached hydrogens (tertiary/aromatic N) is 2. The van der Waals surface area contributed by atoms with E-state index in [1.807, 2.05) is 7.05 Å². The minimum Gasteiger partial charge on any atom is -0.484 e. The summed E-state index contributed by atoms with van der Waals surface area (Å²) < 4.78 is 5.62. The van der Waals surface area contributed by atoms with Gasteiger partial charge in [0, 0.05) is 17.5 Å². The molecule has 1 aliphatic heterocycles. The van der Waals surface area contributed by atoms with E-state index in [1.165, 1.54) is 15.3 Å². The van der Waals surface area contributed by atoms with Gasteiger partial charge in [-0.05, 0) is 13.0 Å². The molecule has 0 aliphatic carbocycles. The fraction of sp³-hybridized carbons (Fsp3) is 0.273. The monoisotopic (exact) mass is 233 g/mol. The molecule has 0 saturated heterocycles. The highest BCUT2D eigenvalue weighted by molar-refractivity contribution is 7.12. The molecular formula is C11H11N3OS. The summed E-state index contributed by atoms with van der Waals surface area (Å²) >= 11 is 1.76. The lowest BCUT2D eigenvalue weighted by molar-refractivity contribution is 0.303. The van der Waals surface area contributed by atoms with Crippen LogP contribution in [0.5, 0.6) is 5.75 Å². The Labute approximate surface area is 97.3 Å². The number of aryl methyl sites for hydroxylation is 1. The van der Waals surface area contributed by atoms with E-state index >= 15 is 0 Å². The van der Waals surface area contributed by atoms with E-state index in [0.29, 0.717) is 12.6 Å². The molecule has 0 saturated carbocycles. The molecule has 0 bridgehead atoms. The van der Waals surface area contributed by atoms with Crippen LogP contribution in [-0.2, 0) is 6.61 Å². The molecule has 0 amide bonds. The summed E-state index contributed by atoms with van der Waals surface area (Å²) in [6, 6.07) is 2.16. The van der Waals surface area contributed by atoms with Crippen LogP contribution in [0.4, 0.5) is 5.95 Å². The maximum absolute atomic E-state index is 5.62. The molecule has 0 aromatic carbocycles. The number of fused-ring (bicyclic) bond motifs is 3. The average Bonchev–Trinajstić information content (AvgIpc) is 2.69. The standard InChI is InChI=1S/C11H11N3OS/c1-6-3-7-9(16-6)5-15-8-4-13-11(12-2)14-10(7)8/h3-4H,5H2,1-2H3,(H,12,13,14). The van der Waals surface area contributed by atoms with E-state index in [1.54, 1.807) is 17.5 Å². The number of aromatic nitrogens is 2. The first-order valence-corrected chi connectivity index (χ1v) is 5.87. The van der Waals surface area contributed by atoms with Crippen molar-refractivity contribution in [2.45, 2.75) is 13.5 Å². The molecular weight excluding hydrogens is 222 g/mol. The SMILES string of the molecule is CNc1ncc2c(n1)-c1cc(C)sc1CO2. The highest BCUT2D eigenvalue weighted by Gasteiger charge is 2.21. The summed E-state index contributed by atoms with van der Waals surface area (Å²) in [5, 5.41) is 2.94. The lowest BCUT2D eigenvalue weighted by Crippen LogP contribution is -2.06. The molecule has 3 heterocycles. The fourth-order valence-corrected chi connectivity index (χ4v) is 2.75. The van der Waals surface area contributed by atoms with Crippen molar-refractivity contribution in [2.24, 2.45) is 0 Å². The van der Waals surface area contributed by atoms with E-state index in [4.69, 9.17) is 4.74 Å². The molecule has 0 unspecified atom stereocenters. The summed E-state index contributed by atoms with van der Waals surface area (Å²) in [4.78, 5) is 11.1. The topological polar surface area (TPSA) is 47.0 Å². The van der Waals surface area contributed by atoms with Crippen molar-refractivity contribution in [2.75, 3.05) is 12.4 Å². The van der Waals surface area contributed by atoms with Crippen molar-refractivity contribution in [1.29, 1.82) is 0 Å². The van der Waals surface area contributed by atoms with Gasteiger partial charge in [-0.3, -0.25) is 0 Å². The quantitative estimate of drug-likeness (QED) is 0.821. The summed E-state index contributed by atoms with van der Waals surface area (Å²) in [6.45, 7) is 2.73. The highest BCUT2D eigenvalue weighted by Crippen LogP contribution is 2.40. The number of rotatable bonds is 1. The van der Waals surface area contributed by atoms with Crippen molar-refractivity contribution < 1.29 is 4.74 Å². The minimum absolute atomic E-state index is 0.624. The summed E-state index contributed by atoms with van der Waals surface area (Å²) in [6.07, 6.45) is 1.73. The Morgan fingerprint density at radius 3 is 3.19 bits per heavy atom. The normalized spacial score (nSPS) is 12.6. The Balaban J connectivity index is 2.21. The predicted octanol–water partition coefficient (Wildman–Crippen LogP) is 2.45. The molecule has 2 aromatic heterocycles. The number of hydrogen-bond acceptors (Lipinski definition) is 5. The van der Waals surface area contributed by atoms with Crippen LogP contribution < -0.4 is 10.1 Å². The van der Waals surface area contributed by atoms with Gasteiger partial charge in [0.25, 0.3) is 0 Å². The van der Waals surface area contributed by atoms with Crippen LogP contribution in [0.2, 0.25) is 0 Å². The number of ether oxygens (including phenoxy) is 1. The summed E-state index contributed by atoms with van der Waals surface area (Å²) in [7, 11) is 1.81. The lowest BCUT2D eigenvalue weighted by atomic mass is 10.1. The third-order valence-electron chi connectivity index (χ3n) is 2.52. The fourth-order valence-electron chi connectivity index (χ4n) is 1.80. The maximum atomic E-state index is 5.62. The second-order valence-electron chi connectivity index (χ2n) is 3.64. The Kier molecular flexibility index (Phi) is 2.07. The molecule has 3 rings (SSSR count). The molecule has 0 atom stereocenters. The Morgan fingerprint density at radius 1 is 1.50 bits per heavy atom. The highest BCUT2D eigenvalue weighted by atomic mass is 32.1.